The summed E-state index contributed by atoms with van der Waals surface area (Å²) in [6.07, 6.45) is 2.54. The topological polar surface area (TPSA) is 31.9 Å². The molecule has 1 N–H and O–H groups in total. The van der Waals surface area contributed by atoms with E-state index >= 15 is 0 Å². The Labute approximate surface area is 93.0 Å². The normalized spacial score (nSPS) is 16.5. The van der Waals surface area contributed by atoms with Crippen molar-refractivity contribution in [2.45, 2.75) is 12.8 Å². The van der Waals surface area contributed by atoms with Crippen molar-refractivity contribution in [3.8, 4) is 0 Å². The van der Waals surface area contributed by atoms with Crippen LogP contribution >= 0.6 is 11.6 Å². The summed E-state index contributed by atoms with van der Waals surface area (Å²) in [4.78, 5) is 2.38. The Morgan fingerprint density at radius 2 is 2.07 bits per heavy atom. The van der Waals surface area contributed by atoms with Gasteiger partial charge in [-0.3, -0.25) is 5.10 Å². The van der Waals surface area contributed by atoms with Gasteiger partial charge in [-0.15, -0.1) is 0 Å². The van der Waals surface area contributed by atoms with E-state index in [1.54, 1.807) is 0 Å². The Morgan fingerprint density at radius 1 is 1.27 bits per heavy atom. The Kier molecular flexibility index (Phi) is 2.06. The zero-order valence-electron chi connectivity index (χ0n) is 8.33. The summed E-state index contributed by atoms with van der Waals surface area (Å²) in [7, 11) is 0. The third-order valence-corrected chi connectivity index (χ3v) is 3.23. The molecule has 3 rings (SSSR count). The van der Waals surface area contributed by atoms with E-state index in [0.717, 1.165) is 24.0 Å². The van der Waals surface area contributed by atoms with E-state index < -0.39 is 0 Å². The van der Waals surface area contributed by atoms with Gasteiger partial charge in [-0.1, -0.05) is 17.7 Å². The minimum Gasteiger partial charge on any atom is -0.371 e. The summed E-state index contributed by atoms with van der Waals surface area (Å²) < 4.78 is 0. The molecule has 2 aromatic rings. The molecule has 4 heteroatoms. The Bertz CT molecular complexity index is 486. The lowest BCUT2D eigenvalue weighted by atomic mass is 10.2. The Morgan fingerprint density at radius 3 is 2.87 bits per heavy atom. The molecule has 3 nitrogen and oxygen atoms in total. The molecule has 0 bridgehead atoms. The Hall–Kier alpha value is -1.22. The molecule has 0 unspecified atom stereocenters. The molecule has 2 heterocycles. The van der Waals surface area contributed by atoms with Crippen LogP contribution in [-0.4, -0.2) is 23.3 Å². The molecule has 78 valence electrons. The number of fused-ring (bicyclic) bond motifs is 1. The summed E-state index contributed by atoms with van der Waals surface area (Å²) in [5.41, 5.74) is 2.16. The highest BCUT2D eigenvalue weighted by Gasteiger charge is 2.17. The van der Waals surface area contributed by atoms with Crippen molar-refractivity contribution in [3.05, 3.63) is 23.4 Å². The first-order valence-corrected chi connectivity index (χ1v) is 5.61. The highest BCUT2D eigenvalue weighted by molar-refractivity contribution is 6.35. The quantitative estimate of drug-likeness (QED) is 0.803. The van der Waals surface area contributed by atoms with Crippen LogP contribution < -0.4 is 4.90 Å². The van der Waals surface area contributed by atoms with Crippen molar-refractivity contribution < 1.29 is 0 Å². The molecule has 1 saturated heterocycles. The van der Waals surface area contributed by atoms with Gasteiger partial charge in [-0.05, 0) is 25.0 Å². The smallest absolute Gasteiger partial charge is 0.134 e. The van der Waals surface area contributed by atoms with Crippen LogP contribution in [0.3, 0.4) is 0 Å². The average molecular weight is 222 g/mol. The van der Waals surface area contributed by atoms with E-state index in [4.69, 9.17) is 11.6 Å². The second kappa shape index (κ2) is 3.42. The van der Waals surface area contributed by atoms with Gasteiger partial charge in [0.1, 0.15) is 5.15 Å². The molecule has 0 atom stereocenters. The van der Waals surface area contributed by atoms with Crippen LogP contribution in [0.1, 0.15) is 12.8 Å². The van der Waals surface area contributed by atoms with Gasteiger partial charge >= 0.3 is 0 Å². The first-order chi connectivity index (χ1) is 7.36. The van der Waals surface area contributed by atoms with Crippen LogP contribution in [0.4, 0.5) is 5.69 Å². The van der Waals surface area contributed by atoms with Crippen LogP contribution in [0.25, 0.3) is 10.9 Å². The number of rotatable bonds is 1. The third kappa shape index (κ3) is 1.38. The zero-order valence-corrected chi connectivity index (χ0v) is 9.09. The van der Waals surface area contributed by atoms with Crippen molar-refractivity contribution in [2.24, 2.45) is 0 Å². The fourth-order valence-corrected chi connectivity index (χ4v) is 2.47. The molecular formula is C11H12ClN3. The minimum atomic E-state index is 0.646. The first-order valence-electron chi connectivity index (χ1n) is 5.24. The van der Waals surface area contributed by atoms with Crippen LogP contribution in [0.2, 0.25) is 5.15 Å². The molecule has 0 amide bonds. The summed E-state index contributed by atoms with van der Waals surface area (Å²) in [5.74, 6) is 0. The molecule has 0 radical (unpaired) electrons. The van der Waals surface area contributed by atoms with Crippen LogP contribution in [0, 0.1) is 0 Å². The standard InChI is InChI=1S/C11H12ClN3/c12-11-10-8(13-14-11)4-3-5-9(10)15-6-1-2-7-15/h3-5H,1-2,6-7H2,(H,13,14). The van der Waals surface area contributed by atoms with Crippen molar-refractivity contribution in [1.29, 1.82) is 0 Å². The highest BCUT2D eigenvalue weighted by atomic mass is 35.5. The molecular weight excluding hydrogens is 210 g/mol. The molecule has 15 heavy (non-hydrogen) atoms. The monoisotopic (exact) mass is 221 g/mol. The van der Waals surface area contributed by atoms with Crippen molar-refractivity contribution >= 4 is 28.2 Å². The largest absolute Gasteiger partial charge is 0.371 e. The number of hydrogen-bond donors (Lipinski definition) is 1. The van der Waals surface area contributed by atoms with E-state index in [9.17, 15) is 0 Å². The van der Waals surface area contributed by atoms with Crippen LogP contribution in [-0.2, 0) is 0 Å². The molecule has 1 fully saturated rings. The van der Waals surface area contributed by atoms with Gasteiger partial charge in [0, 0.05) is 18.8 Å². The fraction of sp³-hybridized carbons (Fsp3) is 0.364. The Balaban J connectivity index is 2.19. The van der Waals surface area contributed by atoms with Gasteiger partial charge in [0.25, 0.3) is 0 Å². The zero-order chi connectivity index (χ0) is 10.3. The van der Waals surface area contributed by atoms with E-state index in [2.05, 4.69) is 21.2 Å². The van der Waals surface area contributed by atoms with Crippen LogP contribution in [0.5, 0.6) is 0 Å². The van der Waals surface area contributed by atoms with Crippen molar-refractivity contribution in [1.82, 2.24) is 10.2 Å². The second-order valence-electron chi connectivity index (χ2n) is 3.90. The maximum atomic E-state index is 6.11. The lowest BCUT2D eigenvalue weighted by molar-refractivity contribution is 0.949. The van der Waals surface area contributed by atoms with Gasteiger partial charge in [-0.25, -0.2) is 0 Å². The number of anilines is 1. The molecule has 1 aromatic heterocycles. The van der Waals surface area contributed by atoms with Crippen LogP contribution in [0.15, 0.2) is 18.2 Å². The van der Waals surface area contributed by atoms with E-state index in [0.29, 0.717) is 5.15 Å². The highest BCUT2D eigenvalue weighted by Crippen LogP contribution is 2.32. The fourth-order valence-electron chi connectivity index (χ4n) is 2.23. The predicted octanol–water partition coefficient (Wildman–Crippen LogP) is 2.82. The lowest BCUT2D eigenvalue weighted by Gasteiger charge is -2.18. The molecule has 1 aliphatic heterocycles. The van der Waals surface area contributed by atoms with Gasteiger partial charge in [0.05, 0.1) is 10.9 Å². The van der Waals surface area contributed by atoms with Gasteiger partial charge in [0.2, 0.25) is 0 Å². The van der Waals surface area contributed by atoms with Gasteiger partial charge < -0.3 is 4.90 Å². The number of nitrogens with one attached hydrogen (secondary N) is 1. The van der Waals surface area contributed by atoms with E-state index in [1.807, 2.05) is 12.1 Å². The number of H-pyrrole nitrogens is 1. The molecule has 0 aliphatic carbocycles. The number of benzene rings is 1. The SMILES string of the molecule is Clc1[nH]nc2cccc(N3CCCC3)c12. The molecule has 1 aliphatic rings. The molecule has 0 saturated carbocycles. The maximum Gasteiger partial charge on any atom is 0.134 e. The number of aromatic nitrogens is 2. The van der Waals surface area contributed by atoms with Crippen molar-refractivity contribution in [3.63, 3.8) is 0 Å². The van der Waals surface area contributed by atoms with Crippen molar-refractivity contribution in [2.75, 3.05) is 18.0 Å². The van der Waals surface area contributed by atoms with Gasteiger partial charge in [0.15, 0.2) is 0 Å². The summed E-state index contributed by atoms with van der Waals surface area (Å²) in [5, 5.41) is 8.70. The predicted molar refractivity (Wildman–Crippen MR) is 62.6 cm³/mol. The number of nitrogens with zero attached hydrogens (tertiary/aromatic N) is 2. The number of aromatic amines is 1. The first kappa shape index (κ1) is 9.04. The summed E-state index contributed by atoms with van der Waals surface area (Å²) in [6, 6.07) is 6.14. The maximum absolute atomic E-state index is 6.11. The molecule has 1 aromatic carbocycles. The lowest BCUT2D eigenvalue weighted by Crippen LogP contribution is -2.17. The van der Waals surface area contributed by atoms with E-state index in [-0.39, 0.29) is 0 Å². The van der Waals surface area contributed by atoms with E-state index in [1.165, 1.54) is 18.5 Å². The number of hydrogen-bond acceptors (Lipinski definition) is 2. The summed E-state index contributed by atoms with van der Waals surface area (Å²) in [6.45, 7) is 2.25. The second-order valence-corrected chi connectivity index (χ2v) is 4.28. The number of halogens is 1. The van der Waals surface area contributed by atoms with Gasteiger partial charge in [-0.2, -0.15) is 5.10 Å². The molecule has 0 spiro atoms. The average Bonchev–Trinajstić information content (AvgIpc) is 2.88. The third-order valence-electron chi connectivity index (χ3n) is 2.96. The minimum absolute atomic E-state index is 0.646. The summed E-state index contributed by atoms with van der Waals surface area (Å²) >= 11 is 6.11.